The molecule has 0 unspecified atom stereocenters. The van der Waals surface area contributed by atoms with Gasteiger partial charge in [-0.1, -0.05) is 27.7 Å². The molecule has 3 nitrogen and oxygen atoms in total. The van der Waals surface area contributed by atoms with Gasteiger partial charge in [0.1, 0.15) is 0 Å². The van der Waals surface area contributed by atoms with Crippen molar-refractivity contribution < 1.29 is 9.59 Å². The van der Waals surface area contributed by atoms with Gasteiger partial charge >= 0.3 is 0 Å². The average molecular weight is 223 g/mol. The van der Waals surface area contributed by atoms with E-state index >= 15 is 0 Å². The van der Waals surface area contributed by atoms with Crippen molar-refractivity contribution in [2.75, 3.05) is 0 Å². The maximum absolute atomic E-state index is 12.0. The number of carbonyl (C=O) groups excluding carboxylic acids is 2. The molecule has 1 aliphatic heterocycles. The lowest BCUT2D eigenvalue weighted by Gasteiger charge is -2.48. The highest BCUT2D eigenvalue weighted by Crippen LogP contribution is 2.56. The molecule has 1 heterocycles. The Balaban J connectivity index is 2.35. The fourth-order valence-electron chi connectivity index (χ4n) is 4.29. The van der Waals surface area contributed by atoms with Crippen molar-refractivity contribution in [3.05, 3.63) is 0 Å². The first-order valence-electron chi connectivity index (χ1n) is 5.99. The lowest BCUT2D eigenvalue weighted by atomic mass is 9.54. The zero-order chi connectivity index (χ0) is 12.2. The number of rotatable bonds is 0. The van der Waals surface area contributed by atoms with Gasteiger partial charge in [0.25, 0.3) is 0 Å². The predicted molar refractivity (Wildman–Crippen MR) is 61.6 cm³/mol. The number of carbonyl (C=O) groups is 2. The van der Waals surface area contributed by atoms with Crippen LogP contribution in [0, 0.1) is 16.2 Å². The molecule has 1 aliphatic carbocycles. The molecular weight excluding hydrogens is 202 g/mol. The normalized spacial score (nSPS) is 30.5. The molecule has 3 heteroatoms. The molecule has 0 atom stereocenters. The van der Waals surface area contributed by atoms with E-state index in [1.54, 1.807) is 0 Å². The lowest BCUT2D eigenvalue weighted by molar-refractivity contribution is -0.135. The first-order chi connectivity index (χ1) is 7.14. The van der Waals surface area contributed by atoms with Crippen LogP contribution in [0.5, 0.6) is 0 Å². The van der Waals surface area contributed by atoms with E-state index in [1.807, 2.05) is 0 Å². The van der Waals surface area contributed by atoms with Crippen LogP contribution in [0.25, 0.3) is 0 Å². The molecule has 1 N–H and O–H groups in total. The molecule has 16 heavy (non-hydrogen) atoms. The molecule has 2 rings (SSSR count). The first kappa shape index (κ1) is 11.6. The Morgan fingerprint density at radius 3 is 1.81 bits per heavy atom. The van der Waals surface area contributed by atoms with Crippen molar-refractivity contribution in [2.45, 2.75) is 53.4 Å². The molecule has 1 saturated heterocycles. The molecule has 0 aromatic carbocycles. The minimum atomic E-state index is -0.428. The van der Waals surface area contributed by atoms with E-state index < -0.39 is 5.41 Å². The van der Waals surface area contributed by atoms with Crippen LogP contribution < -0.4 is 5.32 Å². The Kier molecular flexibility index (Phi) is 2.24. The highest BCUT2D eigenvalue weighted by Gasteiger charge is 2.55. The van der Waals surface area contributed by atoms with Crippen LogP contribution >= 0.6 is 0 Å². The third-order valence-electron chi connectivity index (χ3n) is 3.82. The summed E-state index contributed by atoms with van der Waals surface area (Å²) in [5.74, 6) is -0.142. The van der Waals surface area contributed by atoms with E-state index in [9.17, 15) is 9.59 Å². The lowest BCUT2D eigenvalue weighted by Crippen LogP contribution is -2.45. The van der Waals surface area contributed by atoms with Crippen LogP contribution in [0.3, 0.4) is 0 Å². The van der Waals surface area contributed by atoms with E-state index in [-0.39, 0.29) is 22.6 Å². The molecule has 1 saturated carbocycles. The van der Waals surface area contributed by atoms with E-state index in [0.29, 0.717) is 6.42 Å². The summed E-state index contributed by atoms with van der Waals surface area (Å²) in [5, 5.41) is 2.48. The summed E-state index contributed by atoms with van der Waals surface area (Å²) in [5.41, 5.74) is -0.143. The van der Waals surface area contributed by atoms with Crippen LogP contribution in [-0.4, -0.2) is 11.8 Å². The van der Waals surface area contributed by atoms with Crippen molar-refractivity contribution >= 4 is 11.8 Å². The summed E-state index contributed by atoms with van der Waals surface area (Å²) in [4.78, 5) is 23.4. The molecule has 0 radical (unpaired) electrons. The first-order valence-corrected chi connectivity index (χ1v) is 5.99. The van der Waals surface area contributed by atoms with Crippen LogP contribution in [0.1, 0.15) is 53.4 Å². The van der Waals surface area contributed by atoms with Crippen LogP contribution in [0.2, 0.25) is 0 Å². The molecule has 2 amide bonds. The van der Waals surface area contributed by atoms with Crippen molar-refractivity contribution in [1.82, 2.24) is 5.32 Å². The summed E-state index contributed by atoms with van der Waals surface area (Å²) in [7, 11) is 0. The van der Waals surface area contributed by atoms with Gasteiger partial charge in [0.2, 0.25) is 11.8 Å². The minimum absolute atomic E-state index is 0.0432. The van der Waals surface area contributed by atoms with Gasteiger partial charge in [-0.2, -0.15) is 0 Å². The maximum Gasteiger partial charge on any atom is 0.233 e. The highest BCUT2D eigenvalue weighted by molar-refractivity contribution is 6.06. The van der Waals surface area contributed by atoms with Crippen molar-refractivity contribution in [3.63, 3.8) is 0 Å². The van der Waals surface area contributed by atoms with Crippen molar-refractivity contribution in [3.8, 4) is 0 Å². The zero-order valence-electron chi connectivity index (χ0n) is 10.6. The van der Waals surface area contributed by atoms with Gasteiger partial charge in [-0.05, 0) is 30.1 Å². The monoisotopic (exact) mass is 223 g/mol. The number of imide groups is 1. The van der Waals surface area contributed by atoms with Gasteiger partial charge in [-0.25, -0.2) is 0 Å². The Labute approximate surface area is 97.0 Å². The summed E-state index contributed by atoms with van der Waals surface area (Å²) in [6.07, 6.45) is 3.17. The second-order valence-electron chi connectivity index (χ2n) is 7.19. The van der Waals surface area contributed by atoms with Crippen LogP contribution in [-0.2, 0) is 9.59 Å². The number of nitrogens with one attached hydrogen (secondary N) is 1. The standard InChI is InChI=1S/C13H21NO2/c1-11(2)6-12(3,4)8-13(7-11)5-9(15)14-10(13)16/h5-8H2,1-4H3,(H,14,15,16). The third kappa shape index (κ3) is 1.87. The topological polar surface area (TPSA) is 46.2 Å². The Hall–Kier alpha value is -0.860. The van der Waals surface area contributed by atoms with E-state index in [0.717, 1.165) is 19.3 Å². The Morgan fingerprint density at radius 1 is 0.938 bits per heavy atom. The Bertz CT molecular complexity index is 339. The minimum Gasteiger partial charge on any atom is -0.296 e. The quantitative estimate of drug-likeness (QED) is 0.640. The van der Waals surface area contributed by atoms with E-state index in [1.165, 1.54) is 0 Å². The molecule has 0 aromatic heterocycles. The summed E-state index contributed by atoms with van der Waals surface area (Å²) < 4.78 is 0. The van der Waals surface area contributed by atoms with Crippen LogP contribution in [0.4, 0.5) is 0 Å². The Morgan fingerprint density at radius 2 is 1.44 bits per heavy atom. The average Bonchev–Trinajstić information content (AvgIpc) is 2.17. The molecule has 2 fully saturated rings. The summed E-state index contributed by atoms with van der Waals surface area (Å²) in [6, 6.07) is 0. The highest BCUT2D eigenvalue weighted by atomic mass is 16.2. The second kappa shape index (κ2) is 3.08. The molecule has 0 bridgehead atoms. The van der Waals surface area contributed by atoms with Gasteiger partial charge in [-0.15, -0.1) is 0 Å². The largest absolute Gasteiger partial charge is 0.296 e. The zero-order valence-corrected chi connectivity index (χ0v) is 10.6. The fourth-order valence-corrected chi connectivity index (χ4v) is 4.29. The predicted octanol–water partition coefficient (Wildman–Crippen LogP) is 2.26. The molecular formula is C13H21NO2. The van der Waals surface area contributed by atoms with Gasteiger partial charge in [-0.3, -0.25) is 14.9 Å². The molecule has 0 aromatic rings. The number of hydrogen-bond donors (Lipinski definition) is 1. The van der Waals surface area contributed by atoms with Crippen molar-refractivity contribution in [2.24, 2.45) is 16.2 Å². The number of amides is 2. The smallest absolute Gasteiger partial charge is 0.233 e. The van der Waals surface area contributed by atoms with Gasteiger partial charge in [0.15, 0.2) is 0 Å². The number of hydrogen-bond acceptors (Lipinski definition) is 2. The maximum atomic E-state index is 12.0. The SMILES string of the molecule is CC1(C)CC(C)(C)CC2(CC(=O)NC2=O)C1. The molecule has 90 valence electrons. The van der Waals surface area contributed by atoms with Gasteiger partial charge in [0, 0.05) is 6.42 Å². The second-order valence-corrected chi connectivity index (χ2v) is 7.19. The third-order valence-corrected chi connectivity index (χ3v) is 3.82. The van der Waals surface area contributed by atoms with Gasteiger partial charge in [0.05, 0.1) is 5.41 Å². The van der Waals surface area contributed by atoms with Crippen molar-refractivity contribution in [1.29, 1.82) is 0 Å². The molecule has 1 spiro atoms. The summed E-state index contributed by atoms with van der Waals surface area (Å²) in [6.45, 7) is 8.80. The summed E-state index contributed by atoms with van der Waals surface area (Å²) >= 11 is 0. The fraction of sp³-hybridized carbons (Fsp3) is 0.846. The molecule has 2 aliphatic rings. The van der Waals surface area contributed by atoms with Gasteiger partial charge < -0.3 is 0 Å². The van der Waals surface area contributed by atoms with E-state index in [4.69, 9.17) is 0 Å². The van der Waals surface area contributed by atoms with Crippen LogP contribution in [0.15, 0.2) is 0 Å². The van der Waals surface area contributed by atoms with E-state index in [2.05, 4.69) is 33.0 Å².